The second-order valence-electron chi connectivity index (χ2n) is 7.74. The van der Waals surface area contributed by atoms with Crippen LogP contribution < -0.4 is 0 Å². The van der Waals surface area contributed by atoms with Crippen LogP contribution in [0.25, 0.3) is 22.8 Å². The molecule has 0 radical (unpaired) electrons. The quantitative estimate of drug-likeness (QED) is 0.321. The average molecular weight is 356 g/mol. The highest BCUT2D eigenvalue weighted by Gasteiger charge is 2.31. The largest absolute Gasteiger partial charge is 0.0619 e. The number of rotatable bonds is 2. The first kappa shape index (κ1) is 15.7. The Kier molecular flexibility index (Phi) is 3.39. The lowest BCUT2D eigenvalue weighted by Crippen LogP contribution is -2.03. The molecule has 0 nitrogen and oxygen atoms in total. The Labute approximate surface area is 165 Å². The lowest BCUT2D eigenvalue weighted by Gasteiger charge is -2.19. The lowest BCUT2D eigenvalue weighted by molar-refractivity contribution is 1.01. The molecule has 0 bridgehead atoms. The SMILES string of the molecule is C1=C(c2ccccc2C2c3ccccc3-c3ccccc32)Cc2ccccc21. The summed E-state index contributed by atoms with van der Waals surface area (Å²) in [4.78, 5) is 0. The minimum atomic E-state index is 0.299. The average Bonchev–Trinajstić information content (AvgIpc) is 3.33. The van der Waals surface area contributed by atoms with E-state index in [1.807, 2.05) is 0 Å². The van der Waals surface area contributed by atoms with Crippen LogP contribution in [-0.2, 0) is 6.42 Å². The maximum Gasteiger partial charge on any atom is 0.0358 e. The molecule has 0 unspecified atom stereocenters. The van der Waals surface area contributed by atoms with Gasteiger partial charge in [0.15, 0.2) is 0 Å². The van der Waals surface area contributed by atoms with Crippen LogP contribution in [0.4, 0.5) is 0 Å². The molecule has 0 saturated carbocycles. The maximum atomic E-state index is 2.38. The predicted molar refractivity (Wildman–Crippen MR) is 117 cm³/mol. The van der Waals surface area contributed by atoms with E-state index in [-0.39, 0.29) is 0 Å². The Hall–Kier alpha value is -3.38. The van der Waals surface area contributed by atoms with Gasteiger partial charge in [-0.2, -0.15) is 0 Å². The Balaban J connectivity index is 1.55. The van der Waals surface area contributed by atoms with Gasteiger partial charge in [-0.25, -0.2) is 0 Å². The first-order valence-corrected chi connectivity index (χ1v) is 9.96. The minimum absolute atomic E-state index is 0.299. The molecule has 6 rings (SSSR count). The summed E-state index contributed by atoms with van der Waals surface area (Å²) in [5, 5.41) is 0. The molecule has 132 valence electrons. The van der Waals surface area contributed by atoms with Crippen LogP contribution in [0.2, 0.25) is 0 Å². The molecule has 0 atom stereocenters. The van der Waals surface area contributed by atoms with E-state index < -0.39 is 0 Å². The molecule has 0 saturated heterocycles. The zero-order valence-corrected chi connectivity index (χ0v) is 15.6. The standard InChI is InChI=1S/C28H20/c1-2-10-20-18-21(17-19(20)9-1)22-11-3-6-14-25(22)28-26-15-7-4-12-23(26)24-13-5-8-16-27(24)28/h1-17,28H,18H2. The first-order valence-electron chi connectivity index (χ1n) is 9.96. The third kappa shape index (κ3) is 2.25. The molecule has 28 heavy (non-hydrogen) atoms. The number of fused-ring (bicyclic) bond motifs is 4. The van der Waals surface area contributed by atoms with Crippen LogP contribution >= 0.6 is 0 Å². The number of benzene rings is 4. The zero-order chi connectivity index (χ0) is 18.5. The van der Waals surface area contributed by atoms with Crippen LogP contribution in [0.15, 0.2) is 97.1 Å². The number of hydrogen-bond donors (Lipinski definition) is 0. The van der Waals surface area contributed by atoms with Gasteiger partial charge in [0.2, 0.25) is 0 Å². The molecule has 0 N–H and O–H groups in total. The third-order valence-corrected chi connectivity index (χ3v) is 6.22. The Morgan fingerprint density at radius 3 is 1.64 bits per heavy atom. The summed E-state index contributed by atoms with van der Waals surface area (Å²) in [5.41, 5.74) is 12.6. The van der Waals surface area contributed by atoms with E-state index in [2.05, 4.69) is 103 Å². The summed E-state index contributed by atoms with van der Waals surface area (Å²) in [6, 6.07) is 35.5. The molecule has 0 heterocycles. The molecule has 4 aromatic carbocycles. The van der Waals surface area contributed by atoms with Gasteiger partial charge in [0.1, 0.15) is 0 Å². The summed E-state index contributed by atoms with van der Waals surface area (Å²) >= 11 is 0. The van der Waals surface area contributed by atoms with E-state index in [1.54, 1.807) is 0 Å². The first-order chi connectivity index (χ1) is 13.9. The molecule has 0 heteroatoms. The van der Waals surface area contributed by atoms with Gasteiger partial charge in [-0.3, -0.25) is 0 Å². The molecule has 4 aromatic rings. The van der Waals surface area contributed by atoms with E-state index in [9.17, 15) is 0 Å². The van der Waals surface area contributed by atoms with Crippen LogP contribution in [-0.4, -0.2) is 0 Å². The molecular formula is C28H20. The molecule has 0 spiro atoms. The van der Waals surface area contributed by atoms with Gasteiger partial charge in [-0.15, -0.1) is 0 Å². The van der Waals surface area contributed by atoms with Crippen molar-refractivity contribution in [2.24, 2.45) is 0 Å². The van der Waals surface area contributed by atoms with Crippen LogP contribution in [0, 0.1) is 0 Å². The van der Waals surface area contributed by atoms with Crippen molar-refractivity contribution in [3.8, 4) is 11.1 Å². The lowest BCUT2D eigenvalue weighted by atomic mass is 9.84. The maximum absolute atomic E-state index is 2.38. The highest BCUT2D eigenvalue weighted by molar-refractivity contribution is 5.91. The summed E-state index contributed by atoms with van der Waals surface area (Å²) in [6.07, 6.45) is 3.39. The molecule has 2 aliphatic carbocycles. The molecule has 0 amide bonds. The van der Waals surface area contributed by atoms with Crippen molar-refractivity contribution in [2.75, 3.05) is 0 Å². The molecule has 0 aromatic heterocycles. The van der Waals surface area contributed by atoms with Crippen molar-refractivity contribution in [1.82, 2.24) is 0 Å². The fourth-order valence-corrected chi connectivity index (χ4v) is 4.98. The van der Waals surface area contributed by atoms with Crippen molar-refractivity contribution in [1.29, 1.82) is 0 Å². The topological polar surface area (TPSA) is 0 Å². The van der Waals surface area contributed by atoms with Gasteiger partial charge in [-0.1, -0.05) is 103 Å². The minimum Gasteiger partial charge on any atom is -0.0619 e. The zero-order valence-electron chi connectivity index (χ0n) is 15.6. The van der Waals surface area contributed by atoms with E-state index in [4.69, 9.17) is 0 Å². The highest BCUT2D eigenvalue weighted by Crippen LogP contribution is 2.49. The second-order valence-corrected chi connectivity index (χ2v) is 7.74. The van der Waals surface area contributed by atoms with E-state index in [0.717, 1.165) is 6.42 Å². The number of hydrogen-bond acceptors (Lipinski definition) is 0. The van der Waals surface area contributed by atoms with Crippen molar-refractivity contribution in [3.05, 3.63) is 130 Å². The summed E-state index contributed by atoms with van der Waals surface area (Å²) in [7, 11) is 0. The Morgan fingerprint density at radius 1 is 0.500 bits per heavy atom. The van der Waals surface area contributed by atoms with Gasteiger partial charge in [0.05, 0.1) is 0 Å². The van der Waals surface area contributed by atoms with Crippen molar-refractivity contribution < 1.29 is 0 Å². The molecule has 2 aliphatic rings. The van der Waals surface area contributed by atoms with Gasteiger partial charge in [0, 0.05) is 5.92 Å². The van der Waals surface area contributed by atoms with Gasteiger partial charge >= 0.3 is 0 Å². The summed E-state index contributed by atoms with van der Waals surface area (Å²) in [5.74, 6) is 0.299. The van der Waals surface area contributed by atoms with Crippen LogP contribution in [0.5, 0.6) is 0 Å². The summed E-state index contributed by atoms with van der Waals surface area (Å²) < 4.78 is 0. The second kappa shape index (κ2) is 6.07. The number of allylic oxidation sites excluding steroid dienone is 1. The van der Waals surface area contributed by atoms with E-state index in [1.165, 1.54) is 50.1 Å². The van der Waals surface area contributed by atoms with Crippen molar-refractivity contribution >= 4 is 11.6 Å². The fourth-order valence-electron chi connectivity index (χ4n) is 4.98. The fraction of sp³-hybridized carbons (Fsp3) is 0.0714. The highest BCUT2D eigenvalue weighted by atomic mass is 14.3. The molecule has 0 fully saturated rings. The van der Waals surface area contributed by atoms with E-state index in [0.29, 0.717) is 5.92 Å². The van der Waals surface area contributed by atoms with Crippen molar-refractivity contribution in [2.45, 2.75) is 12.3 Å². The monoisotopic (exact) mass is 356 g/mol. The van der Waals surface area contributed by atoms with Gasteiger partial charge in [0.25, 0.3) is 0 Å². The Morgan fingerprint density at radius 2 is 1.00 bits per heavy atom. The molecular weight excluding hydrogens is 336 g/mol. The van der Waals surface area contributed by atoms with Crippen LogP contribution in [0.3, 0.4) is 0 Å². The normalized spacial score (nSPS) is 14.4. The predicted octanol–water partition coefficient (Wildman–Crippen LogP) is 6.94. The van der Waals surface area contributed by atoms with Crippen molar-refractivity contribution in [3.63, 3.8) is 0 Å². The Bertz CT molecular complexity index is 1200. The van der Waals surface area contributed by atoms with Crippen LogP contribution in [0.1, 0.15) is 39.3 Å². The van der Waals surface area contributed by atoms with Gasteiger partial charge < -0.3 is 0 Å². The smallest absolute Gasteiger partial charge is 0.0358 e. The van der Waals surface area contributed by atoms with E-state index >= 15 is 0 Å². The summed E-state index contributed by atoms with van der Waals surface area (Å²) in [6.45, 7) is 0. The third-order valence-electron chi connectivity index (χ3n) is 6.22. The molecule has 0 aliphatic heterocycles. The van der Waals surface area contributed by atoms with Gasteiger partial charge in [-0.05, 0) is 56.5 Å².